The summed E-state index contributed by atoms with van der Waals surface area (Å²) in [6.07, 6.45) is 12.3. The van der Waals surface area contributed by atoms with E-state index in [0.29, 0.717) is 13.0 Å². The molecule has 1 N–H and O–H groups in total. The van der Waals surface area contributed by atoms with E-state index in [0.717, 1.165) is 37.1 Å². The summed E-state index contributed by atoms with van der Waals surface area (Å²) in [6, 6.07) is 21.3. The number of rotatable bonds is 3. The third-order valence-electron chi connectivity index (χ3n) is 6.23. The summed E-state index contributed by atoms with van der Waals surface area (Å²) in [7, 11) is 0. The molecule has 2 aliphatic heterocycles. The fourth-order valence-electron chi connectivity index (χ4n) is 4.93. The quantitative estimate of drug-likeness (QED) is 0.365. The van der Waals surface area contributed by atoms with Gasteiger partial charge in [0.05, 0.1) is 13.0 Å². The molecule has 0 fully saturated rings. The fourth-order valence-corrected chi connectivity index (χ4v) is 5.67. The molecule has 2 unspecified atom stereocenters. The molecular weight excluding hydrogens is 526 g/mol. The van der Waals surface area contributed by atoms with Gasteiger partial charge in [-0.3, -0.25) is 0 Å². The normalized spacial score (nSPS) is 20.5. The van der Waals surface area contributed by atoms with Crippen molar-refractivity contribution in [2.24, 2.45) is 0 Å². The first-order valence-corrected chi connectivity index (χ1v) is 11.9. The van der Waals surface area contributed by atoms with Crippen molar-refractivity contribution in [2.45, 2.75) is 25.2 Å². The molecule has 5 heteroatoms. The number of terminal acetylenes is 2. The minimum atomic E-state index is -0.625. The minimum absolute atomic E-state index is 0.121. The van der Waals surface area contributed by atoms with Crippen LogP contribution in [0.2, 0.25) is 0 Å². The number of hydrogen-bond acceptors (Lipinski definition) is 3. The zero-order valence-electron chi connectivity index (χ0n) is 17.6. The smallest absolute Gasteiger partial charge is 0.152 e. The van der Waals surface area contributed by atoms with Crippen molar-refractivity contribution in [3.05, 3.63) is 86.3 Å². The third kappa shape index (κ3) is 3.12. The van der Waals surface area contributed by atoms with Gasteiger partial charge in [-0.25, -0.2) is 0 Å². The summed E-state index contributed by atoms with van der Waals surface area (Å²) >= 11 is 7.35. The molecule has 32 heavy (non-hydrogen) atoms. The summed E-state index contributed by atoms with van der Waals surface area (Å²) in [4.78, 5) is 4.69. The lowest BCUT2D eigenvalue weighted by Gasteiger charge is -2.60. The molecule has 0 amide bonds. The molecule has 0 saturated carbocycles. The summed E-state index contributed by atoms with van der Waals surface area (Å²) in [5.41, 5.74) is 6.07. The number of nitrogens with zero attached hydrogens (tertiary/aromatic N) is 2. The first-order valence-electron chi connectivity index (χ1n) is 10.4. The van der Waals surface area contributed by atoms with E-state index in [1.54, 1.807) is 0 Å². The molecule has 0 spiro atoms. The Labute approximate surface area is 206 Å². The highest BCUT2D eigenvalue weighted by Gasteiger charge is 2.53. The van der Waals surface area contributed by atoms with Crippen LogP contribution in [0.15, 0.2) is 69.6 Å². The maximum atomic E-state index is 6.00. The first kappa shape index (κ1) is 21.0. The van der Waals surface area contributed by atoms with Crippen LogP contribution in [0, 0.1) is 31.6 Å². The molecule has 2 heterocycles. The molecule has 3 aromatic rings. The maximum Gasteiger partial charge on any atom is 0.152 e. The topological polar surface area (TPSA) is 18.5 Å². The second-order valence-corrected chi connectivity index (χ2v) is 10.0. The van der Waals surface area contributed by atoms with Crippen LogP contribution in [0.1, 0.15) is 29.3 Å². The Hall–Kier alpha value is -2.86. The van der Waals surface area contributed by atoms with Crippen molar-refractivity contribution in [2.75, 3.05) is 21.7 Å². The predicted molar refractivity (Wildman–Crippen MR) is 140 cm³/mol. The van der Waals surface area contributed by atoms with Gasteiger partial charge in [0.15, 0.2) is 5.66 Å². The molecule has 0 radical (unpaired) electrons. The summed E-state index contributed by atoms with van der Waals surface area (Å²) in [5.74, 6) is 5.84. The first-order chi connectivity index (χ1) is 15.5. The lowest BCUT2D eigenvalue weighted by atomic mass is 9.82. The molecule has 2 bridgehead atoms. The molecular formula is C27H21Br2N3. The van der Waals surface area contributed by atoms with Crippen LogP contribution in [0.25, 0.3) is 0 Å². The molecule has 2 atom stereocenters. The van der Waals surface area contributed by atoms with Crippen molar-refractivity contribution in [1.29, 1.82) is 0 Å². The number of anilines is 3. The predicted octanol–water partition coefficient (Wildman–Crippen LogP) is 6.78. The Morgan fingerprint density at radius 2 is 1.69 bits per heavy atom. The minimum Gasteiger partial charge on any atom is -0.358 e. The van der Waals surface area contributed by atoms with Crippen LogP contribution in [-0.2, 0) is 5.66 Å². The Morgan fingerprint density at radius 3 is 2.41 bits per heavy atom. The van der Waals surface area contributed by atoms with Crippen LogP contribution in [0.4, 0.5) is 17.1 Å². The lowest BCUT2D eigenvalue weighted by molar-refractivity contribution is 0.366. The van der Waals surface area contributed by atoms with Crippen LogP contribution in [0.5, 0.6) is 0 Å². The third-order valence-corrected chi connectivity index (χ3v) is 7.22. The number of benzene rings is 3. The van der Waals surface area contributed by atoms with Gasteiger partial charge in [-0.2, -0.15) is 0 Å². The van der Waals surface area contributed by atoms with Gasteiger partial charge in [-0.15, -0.1) is 18.8 Å². The highest BCUT2D eigenvalue weighted by Crippen LogP contribution is 2.56. The Kier molecular flexibility index (Phi) is 5.20. The van der Waals surface area contributed by atoms with E-state index in [2.05, 4.69) is 126 Å². The average Bonchev–Trinajstić information content (AvgIpc) is 2.78. The van der Waals surface area contributed by atoms with Crippen LogP contribution >= 0.6 is 31.9 Å². The van der Waals surface area contributed by atoms with E-state index >= 15 is 0 Å². The number of fused-ring (bicyclic) bond motifs is 6. The number of halogens is 2. The van der Waals surface area contributed by atoms with E-state index in [1.807, 2.05) is 0 Å². The van der Waals surface area contributed by atoms with Gasteiger partial charge in [0.1, 0.15) is 6.17 Å². The SMILES string of the molecule is C#CCN1c2ccc(Br)cc2C2(CC#C)Nc3ccc(Br)cc3C1N2c1ccc(C)cc1. The van der Waals surface area contributed by atoms with E-state index in [4.69, 9.17) is 12.8 Å². The van der Waals surface area contributed by atoms with Crippen LogP contribution < -0.4 is 15.1 Å². The van der Waals surface area contributed by atoms with E-state index < -0.39 is 5.66 Å². The average molecular weight is 547 g/mol. The Bertz CT molecular complexity index is 1290. The Morgan fingerprint density at radius 1 is 0.969 bits per heavy atom. The number of aryl methyl sites for hydroxylation is 1. The summed E-state index contributed by atoms with van der Waals surface area (Å²) in [6.45, 7) is 2.57. The fraction of sp³-hybridized carbons (Fsp3) is 0.185. The lowest BCUT2D eigenvalue weighted by Crippen LogP contribution is -2.64. The van der Waals surface area contributed by atoms with Crippen molar-refractivity contribution in [1.82, 2.24) is 0 Å². The molecule has 0 aromatic heterocycles. The molecule has 3 aromatic carbocycles. The highest BCUT2D eigenvalue weighted by atomic mass is 79.9. The van der Waals surface area contributed by atoms with Gasteiger partial charge in [-0.05, 0) is 55.5 Å². The van der Waals surface area contributed by atoms with Gasteiger partial charge in [0.25, 0.3) is 0 Å². The van der Waals surface area contributed by atoms with Crippen molar-refractivity contribution in [3.8, 4) is 24.7 Å². The molecule has 0 saturated heterocycles. The van der Waals surface area contributed by atoms with Gasteiger partial charge in [0.2, 0.25) is 0 Å². The van der Waals surface area contributed by atoms with Crippen molar-refractivity contribution in [3.63, 3.8) is 0 Å². The zero-order chi connectivity index (χ0) is 22.5. The van der Waals surface area contributed by atoms with E-state index in [9.17, 15) is 0 Å². The molecule has 2 aliphatic rings. The standard InChI is InChI=1S/C27H21Br2N3/c1-4-14-27-23-17-20(29)9-13-25(23)31(15-5-2)26(22-16-19(28)8-12-24(22)30-27)32(27)21-10-6-18(3)7-11-21/h1-2,6-13,16-17,26,30H,14-15H2,3H3. The number of hydrogen-bond donors (Lipinski definition) is 1. The summed E-state index contributed by atoms with van der Waals surface area (Å²) < 4.78 is 2.02. The second-order valence-electron chi connectivity index (χ2n) is 8.17. The molecule has 3 nitrogen and oxygen atoms in total. The van der Waals surface area contributed by atoms with Gasteiger partial charge < -0.3 is 15.1 Å². The second kappa shape index (κ2) is 7.93. The van der Waals surface area contributed by atoms with Gasteiger partial charge >= 0.3 is 0 Å². The largest absolute Gasteiger partial charge is 0.358 e. The van der Waals surface area contributed by atoms with Crippen molar-refractivity contribution < 1.29 is 0 Å². The van der Waals surface area contributed by atoms with E-state index in [1.165, 1.54) is 5.56 Å². The maximum absolute atomic E-state index is 6.00. The molecule has 5 rings (SSSR count). The van der Waals surface area contributed by atoms with Crippen molar-refractivity contribution >= 4 is 48.9 Å². The van der Waals surface area contributed by atoms with Gasteiger partial charge in [0, 0.05) is 37.1 Å². The number of nitrogens with one attached hydrogen (secondary N) is 1. The van der Waals surface area contributed by atoms with Crippen LogP contribution in [0.3, 0.4) is 0 Å². The van der Waals surface area contributed by atoms with E-state index in [-0.39, 0.29) is 6.17 Å². The Balaban J connectivity index is 1.89. The molecule has 158 valence electrons. The van der Waals surface area contributed by atoms with Gasteiger partial charge in [-0.1, -0.05) is 55.5 Å². The molecule has 0 aliphatic carbocycles. The highest BCUT2D eigenvalue weighted by molar-refractivity contribution is 9.10. The van der Waals surface area contributed by atoms with Crippen LogP contribution in [-0.4, -0.2) is 6.54 Å². The summed E-state index contributed by atoms with van der Waals surface area (Å²) in [5, 5.41) is 3.84. The monoisotopic (exact) mass is 545 g/mol. The zero-order valence-corrected chi connectivity index (χ0v) is 20.7.